The molecule has 1 unspecified atom stereocenters. The summed E-state index contributed by atoms with van der Waals surface area (Å²) in [5, 5.41) is 10.4. The Morgan fingerprint density at radius 2 is 1.11 bits per heavy atom. The van der Waals surface area contributed by atoms with Crippen molar-refractivity contribution >= 4 is 5.69 Å². The van der Waals surface area contributed by atoms with E-state index < -0.39 is 52.2 Å². The van der Waals surface area contributed by atoms with Crippen molar-refractivity contribution in [1.29, 1.82) is 0 Å². The van der Waals surface area contributed by atoms with Crippen LogP contribution in [0.15, 0.2) is 24.3 Å². The molecule has 1 aromatic carbocycles. The van der Waals surface area contributed by atoms with Crippen molar-refractivity contribution in [2.75, 3.05) is 0 Å². The Morgan fingerprint density at radius 3 is 1.37 bits per heavy atom. The first-order valence-corrected chi connectivity index (χ1v) is 6.28. The van der Waals surface area contributed by atoms with Crippen LogP contribution in [-0.2, 0) is 0 Å². The topological polar surface area (TPSA) is 43.1 Å². The molecule has 0 fully saturated rings. The molecule has 0 saturated heterocycles. The minimum absolute atomic E-state index is 0.124. The summed E-state index contributed by atoms with van der Waals surface area (Å²) in [6.07, 6.45) is -27.3. The molecule has 0 aliphatic heterocycles. The Balaban J connectivity index is 3.85. The summed E-state index contributed by atoms with van der Waals surface area (Å²) in [6.45, 7) is 0. The number of hydrogen-bond donors (Lipinski definition) is 0. The van der Waals surface area contributed by atoms with Crippen molar-refractivity contribution in [2.24, 2.45) is 5.41 Å². The van der Waals surface area contributed by atoms with Crippen molar-refractivity contribution in [3.63, 3.8) is 0 Å². The minimum Gasteiger partial charge on any atom is -0.258 e. The fourth-order valence-electron chi connectivity index (χ4n) is 2.20. The first-order chi connectivity index (χ1) is 11.8. The predicted molar refractivity (Wildman–Crippen MR) is 62.5 cm³/mol. The third-order valence-electron chi connectivity index (χ3n) is 3.52. The van der Waals surface area contributed by atoms with Crippen molar-refractivity contribution in [2.45, 2.75) is 30.6 Å². The van der Waals surface area contributed by atoms with Crippen LogP contribution in [0.1, 0.15) is 11.7 Å². The maximum absolute atomic E-state index is 14.2. The van der Waals surface area contributed by atoms with Gasteiger partial charge in [-0.1, -0.05) is 0 Å². The van der Waals surface area contributed by atoms with Crippen LogP contribution in [0.25, 0.3) is 0 Å². The van der Waals surface area contributed by atoms with Gasteiger partial charge in [-0.05, 0) is 17.7 Å². The number of hydrogen-bond acceptors (Lipinski definition) is 2. The molecule has 0 amide bonds. The zero-order chi connectivity index (χ0) is 21.6. The number of halogens is 12. The Morgan fingerprint density at radius 1 is 0.741 bits per heavy atom. The van der Waals surface area contributed by atoms with Crippen molar-refractivity contribution in [3.05, 3.63) is 39.9 Å². The molecule has 0 radical (unpaired) electrons. The third kappa shape index (κ3) is 3.38. The van der Waals surface area contributed by atoms with Gasteiger partial charge in [-0.25, -0.2) is 4.39 Å². The van der Waals surface area contributed by atoms with E-state index in [1.54, 1.807) is 0 Å². The van der Waals surface area contributed by atoms with E-state index in [0.717, 1.165) is 0 Å². The van der Waals surface area contributed by atoms with E-state index in [2.05, 4.69) is 0 Å². The highest BCUT2D eigenvalue weighted by Gasteiger charge is 2.92. The second kappa shape index (κ2) is 6.44. The maximum Gasteiger partial charge on any atom is 0.454 e. The van der Waals surface area contributed by atoms with Crippen LogP contribution in [0, 0.1) is 15.5 Å². The average Bonchev–Trinajstić information content (AvgIpc) is 2.43. The predicted octanol–water partition coefficient (Wildman–Crippen LogP) is 5.91. The summed E-state index contributed by atoms with van der Waals surface area (Å²) in [5.41, 5.74) is -10.1. The van der Waals surface area contributed by atoms with E-state index in [9.17, 15) is 62.8 Å². The second-order valence-corrected chi connectivity index (χ2v) is 5.09. The SMILES string of the molecule is O=[N+]([O-])c1ccc(C(F)C(C(F)(F)F)(C(F)(F)F)C(F)(F)C(F)(F)F)cc1. The van der Waals surface area contributed by atoms with Gasteiger partial charge in [0.2, 0.25) is 0 Å². The number of rotatable bonds is 4. The van der Waals surface area contributed by atoms with Gasteiger partial charge in [0.1, 0.15) is 0 Å². The number of non-ortho nitro benzene ring substituents is 1. The van der Waals surface area contributed by atoms with Gasteiger partial charge in [-0.2, -0.15) is 48.3 Å². The first-order valence-electron chi connectivity index (χ1n) is 6.28. The third-order valence-corrected chi connectivity index (χ3v) is 3.52. The lowest BCUT2D eigenvalue weighted by molar-refractivity contribution is -0.462. The van der Waals surface area contributed by atoms with E-state index in [1.807, 2.05) is 0 Å². The smallest absolute Gasteiger partial charge is 0.258 e. The Bertz CT molecular complexity index is 674. The molecule has 1 atom stereocenters. The molecule has 3 nitrogen and oxygen atoms in total. The van der Waals surface area contributed by atoms with E-state index in [-0.39, 0.29) is 24.3 Å². The monoisotopic (exact) mass is 423 g/mol. The zero-order valence-corrected chi connectivity index (χ0v) is 12.2. The molecule has 15 heteroatoms. The Kier molecular flexibility index (Phi) is 5.44. The molecule has 0 N–H and O–H groups in total. The number of alkyl halides is 12. The standard InChI is InChI=1S/C12H5F12NO2/c13-7(5-1-3-6(4-2-5)25(26)27)8(10(16,17)18,11(19,20)21)9(14,15)12(22,23)24/h1-4,7H. The quantitative estimate of drug-likeness (QED) is 0.343. The molecular formula is C12H5F12NO2. The lowest BCUT2D eigenvalue weighted by atomic mass is 9.72. The molecule has 27 heavy (non-hydrogen) atoms. The first kappa shape index (κ1) is 22.8. The van der Waals surface area contributed by atoms with Crippen LogP contribution in [0.5, 0.6) is 0 Å². The van der Waals surface area contributed by atoms with Crippen LogP contribution < -0.4 is 0 Å². The number of nitro groups is 1. The van der Waals surface area contributed by atoms with Crippen molar-refractivity contribution in [3.8, 4) is 0 Å². The van der Waals surface area contributed by atoms with Crippen LogP contribution in [0.4, 0.5) is 58.4 Å². The lowest BCUT2D eigenvalue weighted by Crippen LogP contribution is -2.68. The van der Waals surface area contributed by atoms with Gasteiger partial charge in [0.05, 0.1) is 4.92 Å². The van der Waals surface area contributed by atoms with Crippen LogP contribution in [0.2, 0.25) is 0 Å². The van der Waals surface area contributed by atoms with Gasteiger partial charge in [-0.15, -0.1) is 0 Å². The lowest BCUT2D eigenvalue weighted by Gasteiger charge is -2.44. The molecule has 154 valence electrons. The van der Waals surface area contributed by atoms with E-state index in [4.69, 9.17) is 0 Å². The summed E-state index contributed by atoms with van der Waals surface area (Å²) in [5.74, 6) is -7.63. The minimum atomic E-state index is -7.63. The molecule has 0 heterocycles. The summed E-state index contributed by atoms with van der Waals surface area (Å²) >= 11 is 0. The Hall–Kier alpha value is -2.22. The van der Waals surface area contributed by atoms with Crippen LogP contribution >= 0.6 is 0 Å². The second-order valence-electron chi connectivity index (χ2n) is 5.09. The molecule has 0 bridgehead atoms. The molecule has 1 rings (SSSR count). The number of nitrogens with zero attached hydrogens (tertiary/aromatic N) is 1. The fourth-order valence-corrected chi connectivity index (χ4v) is 2.20. The largest absolute Gasteiger partial charge is 0.454 e. The summed E-state index contributed by atoms with van der Waals surface area (Å²) in [6, 6.07) is 0.0409. The molecule has 1 aromatic rings. The highest BCUT2D eigenvalue weighted by atomic mass is 19.4. The zero-order valence-electron chi connectivity index (χ0n) is 12.2. The fraction of sp³-hybridized carbons (Fsp3) is 0.500. The Labute approximate surface area is 140 Å². The van der Waals surface area contributed by atoms with Gasteiger partial charge in [0.25, 0.3) is 11.1 Å². The highest BCUT2D eigenvalue weighted by molar-refractivity contribution is 5.35. The van der Waals surface area contributed by atoms with Gasteiger partial charge in [-0.3, -0.25) is 10.1 Å². The van der Waals surface area contributed by atoms with Gasteiger partial charge in [0.15, 0.2) is 6.17 Å². The van der Waals surface area contributed by atoms with Gasteiger partial charge in [0, 0.05) is 12.1 Å². The van der Waals surface area contributed by atoms with Crippen molar-refractivity contribution < 1.29 is 57.6 Å². The summed E-state index contributed by atoms with van der Waals surface area (Å²) in [4.78, 5) is 9.15. The normalized spacial score (nSPS) is 15.6. The molecule has 0 aromatic heterocycles. The maximum atomic E-state index is 14.2. The van der Waals surface area contributed by atoms with Gasteiger partial charge >= 0.3 is 24.5 Å². The van der Waals surface area contributed by atoms with Gasteiger partial charge < -0.3 is 0 Å². The average molecular weight is 423 g/mol. The molecule has 0 saturated carbocycles. The highest BCUT2D eigenvalue weighted by Crippen LogP contribution is 2.68. The number of benzene rings is 1. The van der Waals surface area contributed by atoms with E-state index in [1.165, 1.54) is 0 Å². The summed E-state index contributed by atoms with van der Waals surface area (Å²) in [7, 11) is 0. The molecule has 0 aliphatic carbocycles. The van der Waals surface area contributed by atoms with E-state index >= 15 is 0 Å². The molecule has 0 aliphatic rings. The molecule has 0 spiro atoms. The number of nitro benzene ring substituents is 1. The van der Waals surface area contributed by atoms with Crippen molar-refractivity contribution in [1.82, 2.24) is 0 Å². The summed E-state index contributed by atoms with van der Waals surface area (Å²) < 4.78 is 156. The van der Waals surface area contributed by atoms with Crippen LogP contribution in [-0.4, -0.2) is 29.4 Å². The van der Waals surface area contributed by atoms with Crippen LogP contribution in [0.3, 0.4) is 0 Å². The van der Waals surface area contributed by atoms with E-state index in [0.29, 0.717) is 0 Å². The molecular weight excluding hydrogens is 418 g/mol.